The van der Waals surface area contributed by atoms with Gasteiger partial charge >= 0.3 is 0 Å². The van der Waals surface area contributed by atoms with Crippen molar-refractivity contribution in [3.63, 3.8) is 0 Å². The minimum atomic E-state index is -0.0399. The first-order valence-corrected chi connectivity index (χ1v) is 8.10. The van der Waals surface area contributed by atoms with Gasteiger partial charge in [-0.05, 0) is 25.5 Å². The summed E-state index contributed by atoms with van der Waals surface area (Å²) in [6.07, 6.45) is 2.47. The van der Waals surface area contributed by atoms with Crippen LogP contribution in [0.25, 0.3) is 0 Å². The molecule has 1 saturated heterocycles. The molecule has 1 aromatic heterocycles. The van der Waals surface area contributed by atoms with Crippen LogP contribution in [0.5, 0.6) is 11.5 Å². The van der Waals surface area contributed by atoms with E-state index in [2.05, 4.69) is 10.2 Å². The maximum Gasteiger partial charge on any atom is 0.260 e. The van der Waals surface area contributed by atoms with Crippen LogP contribution in [0, 0.1) is 0 Å². The SMILES string of the molecule is CCOc1ccccc1OCC(=O)N1CCC(c2[nH]ncc2N)C1. The molecular formula is C17H22N4O3. The number of nitrogen functional groups attached to an aromatic ring is 1. The van der Waals surface area contributed by atoms with E-state index in [4.69, 9.17) is 15.2 Å². The third-order valence-corrected chi connectivity index (χ3v) is 4.15. The second-order valence-electron chi connectivity index (χ2n) is 5.73. The zero-order valence-electron chi connectivity index (χ0n) is 13.7. The van der Waals surface area contributed by atoms with Gasteiger partial charge in [-0.25, -0.2) is 0 Å². The Labute approximate surface area is 140 Å². The minimum absolute atomic E-state index is 0.00470. The van der Waals surface area contributed by atoms with E-state index in [9.17, 15) is 4.79 Å². The number of hydrogen-bond donors (Lipinski definition) is 2. The fraction of sp³-hybridized carbons (Fsp3) is 0.412. The summed E-state index contributed by atoms with van der Waals surface area (Å²) in [5.41, 5.74) is 7.45. The van der Waals surface area contributed by atoms with E-state index in [1.54, 1.807) is 17.2 Å². The Morgan fingerprint density at radius 1 is 1.38 bits per heavy atom. The number of nitrogens with zero attached hydrogens (tertiary/aromatic N) is 2. The van der Waals surface area contributed by atoms with Gasteiger partial charge in [-0.2, -0.15) is 5.10 Å². The second-order valence-corrected chi connectivity index (χ2v) is 5.73. The van der Waals surface area contributed by atoms with Gasteiger partial charge in [-0.1, -0.05) is 12.1 Å². The van der Waals surface area contributed by atoms with Gasteiger partial charge in [0.25, 0.3) is 5.91 Å². The highest BCUT2D eigenvalue weighted by atomic mass is 16.5. The Balaban J connectivity index is 1.56. The van der Waals surface area contributed by atoms with E-state index >= 15 is 0 Å². The number of para-hydroxylation sites is 2. The van der Waals surface area contributed by atoms with Crippen molar-refractivity contribution < 1.29 is 14.3 Å². The molecule has 1 unspecified atom stereocenters. The lowest BCUT2D eigenvalue weighted by atomic mass is 10.0. The maximum absolute atomic E-state index is 12.4. The Bertz CT molecular complexity index is 701. The number of anilines is 1. The summed E-state index contributed by atoms with van der Waals surface area (Å²) in [4.78, 5) is 14.2. The molecule has 0 radical (unpaired) electrons. The molecule has 0 aliphatic carbocycles. The van der Waals surface area contributed by atoms with Crippen LogP contribution < -0.4 is 15.2 Å². The zero-order valence-corrected chi connectivity index (χ0v) is 13.7. The summed E-state index contributed by atoms with van der Waals surface area (Å²) < 4.78 is 11.2. The van der Waals surface area contributed by atoms with Crippen LogP contribution >= 0.6 is 0 Å². The molecule has 2 heterocycles. The number of benzene rings is 1. The smallest absolute Gasteiger partial charge is 0.260 e. The van der Waals surface area contributed by atoms with E-state index < -0.39 is 0 Å². The molecule has 1 atom stereocenters. The number of amides is 1. The van der Waals surface area contributed by atoms with E-state index in [0.29, 0.717) is 36.9 Å². The molecule has 3 N–H and O–H groups in total. The zero-order chi connectivity index (χ0) is 16.9. The van der Waals surface area contributed by atoms with E-state index in [1.807, 2.05) is 25.1 Å². The molecule has 0 spiro atoms. The molecular weight excluding hydrogens is 308 g/mol. The minimum Gasteiger partial charge on any atom is -0.490 e. The van der Waals surface area contributed by atoms with E-state index in [-0.39, 0.29) is 18.4 Å². The number of hydrogen-bond acceptors (Lipinski definition) is 5. The molecule has 1 aliphatic rings. The summed E-state index contributed by atoms with van der Waals surface area (Å²) in [6.45, 7) is 3.77. The number of aromatic amines is 1. The third-order valence-electron chi connectivity index (χ3n) is 4.15. The molecule has 24 heavy (non-hydrogen) atoms. The molecule has 128 valence electrons. The molecule has 0 saturated carbocycles. The Hall–Kier alpha value is -2.70. The number of ether oxygens (including phenoxy) is 2. The van der Waals surface area contributed by atoms with Crippen LogP contribution in [0.1, 0.15) is 25.0 Å². The summed E-state index contributed by atoms with van der Waals surface area (Å²) in [5, 5.41) is 6.87. The Kier molecular flexibility index (Phi) is 4.88. The van der Waals surface area contributed by atoms with Crippen molar-refractivity contribution in [3.05, 3.63) is 36.2 Å². The van der Waals surface area contributed by atoms with Gasteiger partial charge in [-0.3, -0.25) is 9.89 Å². The topological polar surface area (TPSA) is 93.5 Å². The van der Waals surface area contributed by atoms with E-state index in [1.165, 1.54) is 0 Å². The monoisotopic (exact) mass is 330 g/mol. The highest BCUT2D eigenvalue weighted by molar-refractivity contribution is 5.78. The number of carbonyl (C=O) groups excluding carboxylic acids is 1. The quantitative estimate of drug-likeness (QED) is 0.842. The maximum atomic E-state index is 12.4. The van der Waals surface area contributed by atoms with Crippen LogP contribution in [-0.2, 0) is 4.79 Å². The number of carbonyl (C=O) groups is 1. The standard InChI is InChI=1S/C17H22N4O3/c1-2-23-14-5-3-4-6-15(14)24-11-16(22)21-8-7-12(10-21)17-13(18)9-19-20-17/h3-6,9,12H,2,7-8,10-11,18H2,1H3,(H,19,20). The van der Waals surface area contributed by atoms with Crippen LogP contribution in [-0.4, -0.2) is 47.3 Å². The number of nitrogens with one attached hydrogen (secondary N) is 1. The van der Waals surface area contributed by atoms with Gasteiger partial charge in [0.2, 0.25) is 0 Å². The number of rotatable bonds is 6. The lowest BCUT2D eigenvalue weighted by Gasteiger charge is -2.17. The van der Waals surface area contributed by atoms with Crippen molar-refractivity contribution in [2.24, 2.45) is 0 Å². The predicted molar refractivity (Wildman–Crippen MR) is 90.0 cm³/mol. The van der Waals surface area contributed by atoms with Crippen molar-refractivity contribution in [2.45, 2.75) is 19.3 Å². The normalized spacial score (nSPS) is 17.0. The lowest BCUT2D eigenvalue weighted by Crippen LogP contribution is -2.33. The average molecular weight is 330 g/mol. The lowest BCUT2D eigenvalue weighted by molar-refractivity contribution is -0.132. The second kappa shape index (κ2) is 7.25. The van der Waals surface area contributed by atoms with Gasteiger partial charge in [0.15, 0.2) is 18.1 Å². The molecule has 1 aromatic carbocycles. The fourth-order valence-corrected chi connectivity index (χ4v) is 2.93. The predicted octanol–water partition coefficient (Wildman–Crippen LogP) is 1.79. The molecule has 0 bridgehead atoms. The average Bonchev–Trinajstić information content (AvgIpc) is 3.22. The molecule has 1 amide bonds. The van der Waals surface area contributed by atoms with Gasteiger partial charge in [0.1, 0.15) is 0 Å². The summed E-state index contributed by atoms with van der Waals surface area (Å²) in [6, 6.07) is 7.36. The largest absolute Gasteiger partial charge is 0.490 e. The van der Waals surface area contributed by atoms with Crippen LogP contribution in [0.2, 0.25) is 0 Å². The number of nitrogens with two attached hydrogens (primary N) is 1. The fourth-order valence-electron chi connectivity index (χ4n) is 2.93. The Morgan fingerprint density at radius 3 is 2.79 bits per heavy atom. The highest BCUT2D eigenvalue weighted by Gasteiger charge is 2.29. The van der Waals surface area contributed by atoms with Crippen LogP contribution in [0.15, 0.2) is 30.5 Å². The van der Waals surface area contributed by atoms with E-state index in [0.717, 1.165) is 12.1 Å². The highest BCUT2D eigenvalue weighted by Crippen LogP contribution is 2.30. The van der Waals surface area contributed by atoms with Crippen molar-refractivity contribution in [1.82, 2.24) is 15.1 Å². The first-order chi connectivity index (χ1) is 11.7. The molecule has 1 aliphatic heterocycles. The first kappa shape index (κ1) is 16.2. The summed E-state index contributed by atoms with van der Waals surface area (Å²) in [5.74, 6) is 1.40. The Morgan fingerprint density at radius 2 is 2.12 bits per heavy atom. The summed E-state index contributed by atoms with van der Waals surface area (Å²) >= 11 is 0. The van der Waals surface area contributed by atoms with Crippen LogP contribution in [0.3, 0.4) is 0 Å². The molecule has 7 heteroatoms. The van der Waals surface area contributed by atoms with Crippen molar-refractivity contribution in [3.8, 4) is 11.5 Å². The van der Waals surface area contributed by atoms with Crippen LogP contribution in [0.4, 0.5) is 5.69 Å². The first-order valence-electron chi connectivity index (χ1n) is 8.10. The van der Waals surface area contributed by atoms with Gasteiger partial charge < -0.3 is 20.1 Å². The number of aromatic nitrogens is 2. The number of likely N-dealkylation sites (tertiary alicyclic amines) is 1. The van der Waals surface area contributed by atoms with Gasteiger partial charge in [0.05, 0.1) is 24.2 Å². The molecule has 3 rings (SSSR count). The van der Waals surface area contributed by atoms with Crippen molar-refractivity contribution in [2.75, 3.05) is 32.0 Å². The molecule has 1 fully saturated rings. The van der Waals surface area contributed by atoms with Crippen molar-refractivity contribution >= 4 is 11.6 Å². The van der Waals surface area contributed by atoms with Gasteiger partial charge in [0, 0.05) is 19.0 Å². The molecule has 7 nitrogen and oxygen atoms in total. The molecule has 2 aromatic rings. The number of H-pyrrole nitrogens is 1. The summed E-state index contributed by atoms with van der Waals surface area (Å²) in [7, 11) is 0. The van der Waals surface area contributed by atoms with Crippen molar-refractivity contribution in [1.29, 1.82) is 0 Å². The third kappa shape index (κ3) is 3.45. The van der Waals surface area contributed by atoms with Gasteiger partial charge in [-0.15, -0.1) is 0 Å².